The van der Waals surface area contributed by atoms with Crippen LogP contribution in [0.4, 0.5) is 0 Å². The van der Waals surface area contributed by atoms with Crippen molar-refractivity contribution in [2.24, 2.45) is 4.99 Å². The van der Waals surface area contributed by atoms with Crippen LogP contribution in [-0.2, 0) is 6.54 Å². The van der Waals surface area contributed by atoms with E-state index >= 15 is 0 Å². The number of ether oxygens (including phenoxy) is 2. The molecule has 142 valence electrons. The molecule has 0 unspecified atom stereocenters. The minimum atomic E-state index is -0.246. The average molecular weight is 392 g/mol. The van der Waals surface area contributed by atoms with E-state index in [2.05, 4.69) is 4.99 Å². The molecule has 0 fully saturated rings. The number of hydrogen-bond donors (Lipinski definition) is 0. The van der Waals surface area contributed by atoms with Gasteiger partial charge in [0.15, 0.2) is 16.3 Å². The molecule has 4 aromatic rings. The predicted octanol–water partition coefficient (Wildman–Crippen LogP) is 4.63. The number of thiazole rings is 1. The van der Waals surface area contributed by atoms with Crippen molar-refractivity contribution < 1.29 is 14.3 Å². The molecule has 0 saturated carbocycles. The van der Waals surface area contributed by atoms with Crippen LogP contribution in [0, 0.1) is 0 Å². The Morgan fingerprint density at radius 3 is 2.50 bits per heavy atom. The van der Waals surface area contributed by atoms with Gasteiger partial charge >= 0.3 is 0 Å². The normalized spacial score (nSPS) is 11.9. The maximum Gasteiger partial charge on any atom is 0.280 e. The van der Waals surface area contributed by atoms with E-state index in [4.69, 9.17) is 9.47 Å². The summed E-state index contributed by atoms with van der Waals surface area (Å²) < 4.78 is 13.8. The molecule has 0 spiro atoms. The highest BCUT2D eigenvalue weighted by Gasteiger charge is 2.14. The average Bonchev–Trinajstić information content (AvgIpc) is 3.07. The summed E-state index contributed by atoms with van der Waals surface area (Å²) in [4.78, 5) is 18.1. The first-order valence-electron chi connectivity index (χ1n) is 8.98. The monoisotopic (exact) mass is 392 g/mol. The standard InChI is InChI=1S/C22H20N2O3S/c1-4-24-17-12-18(26-2)19(27-3)13-20(17)28-22(24)23-21(25)16-11-7-9-14-8-5-6-10-15(14)16/h5-13H,4H2,1-3H3. The van der Waals surface area contributed by atoms with E-state index in [1.165, 1.54) is 11.3 Å². The Morgan fingerprint density at radius 1 is 1.04 bits per heavy atom. The highest BCUT2D eigenvalue weighted by Crippen LogP contribution is 2.33. The van der Waals surface area contributed by atoms with Gasteiger partial charge in [0, 0.05) is 24.2 Å². The highest BCUT2D eigenvalue weighted by atomic mass is 32.1. The maximum atomic E-state index is 13.0. The number of carbonyl (C=O) groups excluding carboxylic acids is 1. The molecule has 0 aliphatic heterocycles. The molecular formula is C22H20N2O3S. The van der Waals surface area contributed by atoms with Gasteiger partial charge in [-0.25, -0.2) is 0 Å². The van der Waals surface area contributed by atoms with E-state index in [0.717, 1.165) is 21.0 Å². The van der Waals surface area contributed by atoms with Crippen LogP contribution in [0.25, 0.3) is 21.0 Å². The van der Waals surface area contributed by atoms with Crippen molar-refractivity contribution in [1.82, 2.24) is 4.57 Å². The smallest absolute Gasteiger partial charge is 0.280 e. The lowest BCUT2D eigenvalue weighted by molar-refractivity contribution is 0.0999. The third kappa shape index (κ3) is 3.05. The van der Waals surface area contributed by atoms with Gasteiger partial charge in [0.2, 0.25) is 0 Å². The lowest BCUT2D eigenvalue weighted by Gasteiger charge is -2.08. The molecule has 5 nitrogen and oxygen atoms in total. The zero-order valence-corrected chi connectivity index (χ0v) is 16.7. The van der Waals surface area contributed by atoms with Gasteiger partial charge in [0.25, 0.3) is 5.91 Å². The molecule has 0 aliphatic rings. The van der Waals surface area contributed by atoms with Crippen molar-refractivity contribution in [2.45, 2.75) is 13.5 Å². The molecule has 0 N–H and O–H groups in total. The molecule has 1 aromatic heterocycles. The number of amides is 1. The number of benzene rings is 3. The van der Waals surface area contributed by atoms with Crippen LogP contribution in [-0.4, -0.2) is 24.7 Å². The summed E-state index contributed by atoms with van der Waals surface area (Å²) in [6.45, 7) is 2.72. The third-order valence-corrected chi connectivity index (χ3v) is 5.76. The Hall–Kier alpha value is -3.12. The number of aryl methyl sites for hydroxylation is 1. The van der Waals surface area contributed by atoms with Gasteiger partial charge in [0.05, 0.1) is 24.4 Å². The molecule has 0 bridgehead atoms. The summed E-state index contributed by atoms with van der Waals surface area (Å²) in [7, 11) is 3.22. The van der Waals surface area contributed by atoms with Gasteiger partial charge in [-0.3, -0.25) is 4.79 Å². The van der Waals surface area contributed by atoms with Crippen molar-refractivity contribution in [3.05, 3.63) is 65.0 Å². The van der Waals surface area contributed by atoms with Crippen LogP contribution in [0.15, 0.2) is 59.6 Å². The Morgan fingerprint density at radius 2 is 1.75 bits per heavy atom. The fourth-order valence-corrected chi connectivity index (χ4v) is 4.45. The molecule has 0 saturated heterocycles. The van der Waals surface area contributed by atoms with Crippen molar-refractivity contribution in [2.75, 3.05) is 14.2 Å². The molecular weight excluding hydrogens is 372 g/mol. The molecule has 4 rings (SSSR count). The van der Waals surface area contributed by atoms with E-state index in [1.807, 2.05) is 66.1 Å². The highest BCUT2D eigenvalue weighted by molar-refractivity contribution is 7.16. The van der Waals surface area contributed by atoms with Gasteiger partial charge in [-0.05, 0) is 23.8 Å². The zero-order valence-electron chi connectivity index (χ0n) is 15.9. The summed E-state index contributed by atoms with van der Waals surface area (Å²) in [5.74, 6) is 1.07. The number of rotatable bonds is 4. The molecule has 28 heavy (non-hydrogen) atoms. The second-order valence-corrected chi connectivity index (χ2v) is 7.26. The number of aromatic nitrogens is 1. The van der Waals surface area contributed by atoms with Crippen LogP contribution in [0.2, 0.25) is 0 Å². The van der Waals surface area contributed by atoms with Crippen molar-refractivity contribution in [3.63, 3.8) is 0 Å². The minimum absolute atomic E-state index is 0.246. The summed E-state index contributed by atoms with van der Waals surface area (Å²) in [6.07, 6.45) is 0. The van der Waals surface area contributed by atoms with Gasteiger partial charge in [-0.1, -0.05) is 47.7 Å². The van der Waals surface area contributed by atoms with Gasteiger partial charge in [-0.15, -0.1) is 0 Å². The first-order chi connectivity index (χ1) is 13.7. The number of methoxy groups -OCH3 is 2. The molecule has 3 aromatic carbocycles. The fraction of sp³-hybridized carbons (Fsp3) is 0.182. The first kappa shape index (κ1) is 18.3. The zero-order chi connectivity index (χ0) is 19.7. The second kappa shape index (κ2) is 7.48. The number of hydrogen-bond acceptors (Lipinski definition) is 4. The minimum Gasteiger partial charge on any atom is -0.493 e. The lowest BCUT2D eigenvalue weighted by Crippen LogP contribution is -2.16. The number of nitrogens with zero attached hydrogens (tertiary/aromatic N) is 2. The van der Waals surface area contributed by atoms with E-state index in [0.29, 0.717) is 28.4 Å². The molecule has 1 heterocycles. The van der Waals surface area contributed by atoms with Crippen molar-refractivity contribution in [1.29, 1.82) is 0 Å². The van der Waals surface area contributed by atoms with E-state index in [9.17, 15) is 4.79 Å². The fourth-order valence-electron chi connectivity index (χ4n) is 3.35. The summed E-state index contributed by atoms with van der Waals surface area (Å²) in [6, 6.07) is 17.4. The quantitative estimate of drug-likeness (QED) is 0.509. The third-order valence-electron chi connectivity index (χ3n) is 4.72. The van der Waals surface area contributed by atoms with Crippen LogP contribution in [0.1, 0.15) is 17.3 Å². The summed E-state index contributed by atoms with van der Waals surface area (Å²) >= 11 is 1.47. The van der Waals surface area contributed by atoms with Gasteiger partial charge in [-0.2, -0.15) is 4.99 Å². The van der Waals surface area contributed by atoms with Crippen molar-refractivity contribution in [3.8, 4) is 11.5 Å². The van der Waals surface area contributed by atoms with E-state index < -0.39 is 0 Å². The largest absolute Gasteiger partial charge is 0.493 e. The van der Waals surface area contributed by atoms with Crippen LogP contribution < -0.4 is 14.3 Å². The van der Waals surface area contributed by atoms with Crippen LogP contribution in [0.3, 0.4) is 0 Å². The van der Waals surface area contributed by atoms with Gasteiger partial charge in [0.1, 0.15) is 0 Å². The summed E-state index contributed by atoms with van der Waals surface area (Å²) in [5, 5.41) is 1.93. The Labute approximate surface area is 166 Å². The molecule has 0 aliphatic carbocycles. The lowest BCUT2D eigenvalue weighted by atomic mass is 10.0. The Kier molecular flexibility index (Phi) is 4.88. The molecule has 0 atom stereocenters. The maximum absolute atomic E-state index is 13.0. The SMILES string of the molecule is CCn1c(=NC(=O)c2cccc3ccccc23)sc2cc(OC)c(OC)cc21. The molecule has 0 radical (unpaired) electrons. The number of fused-ring (bicyclic) bond motifs is 2. The Bertz CT molecular complexity index is 1250. The van der Waals surface area contributed by atoms with Crippen molar-refractivity contribution >= 4 is 38.2 Å². The topological polar surface area (TPSA) is 52.8 Å². The van der Waals surface area contributed by atoms with Crippen LogP contribution >= 0.6 is 11.3 Å². The van der Waals surface area contributed by atoms with Crippen LogP contribution in [0.5, 0.6) is 11.5 Å². The summed E-state index contributed by atoms with van der Waals surface area (Å²) in [5.41, 5.74) is 1.57. The van der Waals surface area contributed by atoms with E-state index in [-0.39, 0.29) is 5.91 Å². The number of carbonyl (C=O) groups is 1. The predicted molar refractivity (Wildman–Crippen MR) is 112 cm³/mol. The molecule has 6 heteroatoms. The van der Waals surface area contributed by atoms with Gasteiger partial charge < -0.3 is 14.0 Å². The second-order valence-electron chi connectivity index (χ2n) is 6.25. The first-order valence-corrected chi connectivity index (χ1v) is 9.80. The molecule has 1 amide bonds. The Balaban J connectivity index is 1.90. The van der Waals surface area contributed by atoms with E-state index in [1.54, 1.807) is 14.2 Å².